The molecule has 2 aromatic rings. The Morgan fingerprint density at radius 3 is 2.83 bits per heavy atom. The average Bonchev–Trinajstić information content (AvgIpc) is 2.40. The summed E-state index contributed by atoms with van der Waals surface area (Å²) in [4.78, 5) is 4.09. The lowest BCUT2D eigenvalue weighted by Gasteiger charge is -2.17. The number of nitrogens with zero attached hydrogens (tertiary/aromatic N) is 1. The van der Waals surface area contributed by atoms with Gasteiger partial charge in [0.1, 0.15) is 5.82 Å². The molecule has 0 bridgehead atoms. The summed E-state index contributed by atoms with van der Waals surface area (Å²) < 4.78 is 13.4. The van der Waals surface area contributed by atoms with Crippen LogP contribution in [0.1, 0.15) is 25.5 Å². The molecular weight excluding hydrogens is 227 g/mol. The quantitative estimate of drug-likeness (QED) is 0.889. The first-order chi connectivity index (χ1) is 8.72. The number of nitrogens with one attached hydrogen (secondary N) is 1. The van der Waals surface area contributed by atoms with Gasteiger partial charge < -0.3 is 5.32 Å². The van der Waals surface area contributed by atoms with Crippen LogP contribution in [0.15, 0.2) is 42.7 Å². The van der Waals surface area contributed by atoms with Gasteiger partial charge in [0.05, 0.1) is 0 Å². The van der Waals surface area contributed by atoms with Gasteiger partial charge in [-0.1, -0.05) is 19.1 Å². The van der Waals surface area contributed by atoms with E-state index in [1.54, 1.807) is 18.5 Å². The van der Waals surface area contributed by atoms with E-state index in [0.29, 0.717) is 0 Å². The molecule has 0 radical (unpaired) electrons. The van der Waals surface area contributed by atoms with E-state index in [0.717, 1.165) is 23.2 Å². The summed E-state index contributed by atoms with van der Waals surface area (Å²) in [5.74, 6) is -0.221. The number of pyridine rings is 1. The summed E-state index contributed by atoms with van der Waals surface area (Å²) in [6.45, 7) is 5.02. The molecule has 0 fully saturated rings. The van der Waals surface area contributed by atoms with Crippen molar-refractivity contribution in [2.45, 2.75) is 19.9 Å². The normalized spacial score (nSPS) is 12.4. The minimum Gasteiger partial charge on any atom is -0.310 e. The number of aromatic nitrogens is 1. The molecule has 0 aliphatic rings. The van der Waals surface area contributed by atoms with Crippen LogP contribution in [0.4, 0.5) is 4.39 Å². The Kier molecular flexibility index (Phi) is 4.05. The smallest absolute Gasteiger partial charge is 0.123 e. The van der Waals surface area contributed by atoms with Gasteiger partial charge in [-0.15, -0.1) is 0 Å². The van der Waals surface area contributed by atoms with Gasteiger partial charge >= 0.3 is 0 Å². The van der Waals surface area contributed by atoms with Crippen molar-refractivity contribution in [1.82, 2.24) is 10.3 Å². The van der Waals surface area contributed by atoms with Gasteiger partial charge in [0.15, 0.2) is 0 Å². The Balaban J connectivity index is 2.48. The van der Waals surface area contributed by atoms with E-state index in [1.165, 1.54) is 6.07 Å². The van der Waals surface area contributed by atoms with E-state index in [9.17, 15) is 4.39 Å². The zero-order valence-electron chi connectivity index (χ0n) is 10.7. The largest absolute Gasteiger partial charge is 0.310 e. The summed E-state index contributed by atoms with van der Waals surface area (Å²) in [6, 6.07) is 8.91. The lowest BCUT2D eigenvalue weighted by Crippen LogP contribution is -2.18. The minimum atomic E-state index is -0.221. The molecular formula is C15H17FN2. The van der Waals surface area contributed by atoms with Crippen LogP contribution in [0.5, 0.6) is 0 Å². The van der Waals surface area contributed by atoms with Crippen molar-refractivity contribution in [2.24, 2.45) is 0 Å². The summed E-state index contributed by atoms with van der Waals surface area (Å²) in [6.07, 6.45) is 3.48. The highest BCUT2D eigenvalue weighted by molar-refractivity contribution is 5.67. The van der Waals surface area contributed by atoms with Crippen molar-refractivity contribution in [3.05, 3.63) is 54.1 Å². The first-order valence-corrected chi connectivity index (χ1v) is 6.15. The van der Waals surface area contributed by atoms with Crippen molar-refractivity contribution in [1.29, 1.82) is 0 Å². The van der Waals surface area contributed by atoms with Crippen LogP contribution in [-0.2, 0) is 0 Å². The topological polar surface area (TPSA) is 24.9 Å². The first-order valence-electron chi connectivity index (χ1n) is 6.15. The average molecular weight is 244 g/mol. The second-order valence-corrected chi connectivity index (χ2v) is 4.25. The van der Waals surface area contributed by atoms with E-state index in [-0.39, 0.29) is 11.9 Å². The van der Waals surface area contributed by atoms with Crippen molar-refractivity contribution in [2.75, 3.05) is 6.54 Å². The number of rotatable bonds is 4. The first kappa shape index (κ1) is 12.7. The van der Waals surface area contributed by atoms with Crippen molar-refractivity contribution in [3.63, 3.8) is 0 Å². The lowest BCUT2D eigenvalue weighted by atomic mass is 9.96. The number of hydrogen-bond donors (Lipinski definition) is 1. The van der Waals surface area contributed by atoms with Gasteiger partial charge in [-0.25, -0.2) is 4.39 Å². The molecule has 1 atom stereocenters. The Morgan fingerprint density at radius 1 is 1.33 bits per heavy atom. The Labute approximate surface area is 107 Å². The molecule has 0 amide bonds. The minimum absolute atomic E-state index is 0.186. The van der Waals surface area contributed by atoms with Gasteiger partial charge in [0.2, 0.25) is 0 Å². The predicted octanol–water partition coefficient (Wildman–Crippen LogP) is 3.56. The maximum Gasteiger partial charge on any atom is 0.123 e. The zero-order chi connectivity index (χ0) is 13.0. The van der Waals surface area contributed by atoms with E-state index in [2.05, 4.69) is 24.1 Å². The van der Waals surface area contributed by atoms with E-state index in [1.807, 2.05) is 18.2 Å². The van der Waals surface area contributed by atoms with Crippen LogP contribution in [0.3, 0.4) is 0 Å². The van der Waals surface area contributed by atoms with Crippen LogP contribution < -0.4 is 5.32 Å². The molecule has 18 heavy (non-hydrogen) atoms. The molecule has 0 aliphatic carbocycles. The lowest BCUT2D eigenvalue weighted by molar-refractivity contribution is 0.593. The SMILES string of the molecule is CCNC(C)c1ccc(F)cc1-c1cccnc1. The third-order valence-electron chi connectivity index (χ3n) is 2.96. The predicted molar refractivity (Wildman–Crippen MR) is 71.7 cm³/mol. The maximum atomic E-state index is 13.4. The Hall–Kier alpha value is -1.74. The van der Waals surface area contributed by atoms with E-state index < -0.39 is 0 Å². The molecule has 2 nitrogen and oxygen atoms in total. The molecule has 1 unspecified atom stereocenters. The Bertz CT molecular complexity index is 511. The van der Waals surface area contributed by atoms with Crippen molar-refractivity contribution < 1.29 is 4.39 Å². The molecule has 0 saturated heterocycles. The number of halogens is 1. The zero-order valence-corrected chi connectivity index (χ0v) is 10.7. The maximum absolute atomic E-state index is 13.4. The fourth-order valence-corrected chi connectivity index (χ4v) is 2.09. The fraction of sp³-hybridized carbons (Fsp3) is 0.267. The van der Waals surface area contributed by atoms with Gasteiger partial charge in [0, 0.05) is 24.0 Å². The molecule has 94 valence electrons. The van der Waals surface area contributed by atoms with Gasteiger partial charge in [0.25, 0.3) is 0 Å². The van der Waals surface area contributed by atoms with Gasteiger partial charge in [-0.05, 0) is 42.8 Å². The highest BCUT2D eigenvalue weighted by Gasteiger charge is 2.12. The molecule has 3 heteroatoms. The Morgan fingerprint density at radius 2 is 2.17 bits per heavy atom. The molecule has 2 rings (SSSR count). The molecule has 1 aromatic carbocycles. The summed E-state index contributed by atoms with van der Waals surface area (Å²) in [5, 5.41) is 3.35. The highest BCUT2D eigenvalue weighted by Crippen LogP contribution is 2.28. The van der Waals surface area contributed by atoms with Crippen molar-refractivity contribution >= 4 is 0 Å². The third kappa shape index (κ3) is 2.74. The van der Waals surface area contributed by atoms with Gasteiger partial charge in [-0.2, -0.15) is 0 Å². The molecule has 1 aromatic heterocycles. The summed E-state index contributed by atoms with van der Waals surface area (Å²) >= 11 is 0. The highest BCUT2D eigenvalue weighted by atomic mass is 19.1. The van der Waals surface area contributed by atoms with Crippen LogP contribution in [-0.4, -0.2) is 11.5 Å². The van der Waals surface area contributed by atoms with E-state index >= 15 is 0 Å². The number of benzene rings is 1. The molecule has 0 saturated carbocycles. The standard InChI is InChI=1S/C15H17FN2/c1-3-18-11(2)14-7-6-13(16)9-15(14)12-5-4-8-17-10-12/h4-11,18H,3H2,1-2H3. The van der Waals surface area contributed by atoms with E-state index in [4.69, 9.17) is 0 Å². The summed E-state index contributed by atoms with van der Waals surface area (Å²) in [7, 11) is 0. The fourth-order valence-electron chi connectivity index (χ4n) is 2.09. The van der Waals surface area contributed by atoms with Crippen LogP contribution in [0.25, 0.3) is 11.1 Å². The van der Waals surface area contributed by atoms with Gasteiger partial charge in [-0.3, -0.25) is 4.98 Å². The van der Waals surface area contributed by atoms with Crippen molar-refractivity contribution in [3.8, 4) is 11.1 Å². The van der Waals surface area contributed by atoms with Crippen LogP contribution >= 0.6 is 0 Å². The number of hydrogen-bond acceptors (Lipinski definition) is 2. The third-order valence-corrected chi connectivity index (χ3v) is 2.96. The van der Waals surface area contributed by atoms with Crippen LogP contribution in [0, 0.1) is 5.82 Å². The monoisotopic (exact) mass is 244 g/mol. The molecule has 1 heterocycles. The molecule has 0 aliphatic heterocycles. The second kappa shape index (κ2) is 5.74. The molecule has 0 spiro atoms. The second-order valence-electron chi connectivity index (χ2n) is 4.25. The van der Waals surface area contributed by atoms with Crippen LogP contribution in [0.2, 0.25) is 0 Å². The summed E-state index contributed by atoms with van der Waals surface area (Å²) in [5.41, 5.74) is 2.93. The molecule has 1 N–H and O–H groups in total.